The van der Waals surface area contributed by atoms with Crippen LogP contribution in [0.25, 0.3) is 0 Å². The monoisotopic (exact) mass is 299 g/mol. The van der Waals surface area contributed by atoms with E-state index in [1.54, 1.807) is 6.26 Å². The largest absolute Gasteiger partial charge is 0.468 e. The van der Waals surface area contributed by atoms with Crippen LogP contribution < -0.4 is 0 Å². The minimum atomic E-state index is -2.99. The van der Waals surface area contributed by atoms with Crippen molar-refractivity contribution < 1.29 is 17.6 Å². The zero-order chi connectivity index (χ0) is 14.2. The Bertz CT molecular complexity index is 546. The molecule has 5 nitrogen and oxygen atoms in total. The van der Waals surface area contributed by atoms with Gasteiger partial charge in [-0.1, -0.05) is 0 Å². The van der Waals surface area contributed by atoms with Crippen molar-refractivity contribution in [3.05, 3.63) is 24.2 Å². The van der Waals surface area contributed by atoms with Crippen molar-refractivity contribution in [2.75, 3.05) is 32.1 Å². The van der Waals surface area contributed by atoms with Crippen molar-refractivity contribution in [3.63, 3.8) is 0 Å². The first kappa shape index (κ1) is 14.1. The van der Waals surface area contributed by atoms with Crippen LogP contribution >= 0.6 is 0 Å². The SMILES string of the molecule is CCOC[C@@H]1CCS(=O)(=O)C12CN(Cc1ccco1)C2. The molecule has 2 fully saturated rings. The average molecular weight is 299 g/mol. The molecule has 0 unspecified atom stereocenters. The second-order valence-electron chi connectivity index (χ2n) is 5.75. The lowest BCUT2D eigenvalue weighted by Crippen LogP contribution is -2.67. The molecule has 0 aromatic carbocycles. The summed E-state index contributed by atoms with van der Waals surface area (Å²) in [6.45, 7) is 5.04. The van der Waals surface area contributed by atoms with Gasteiger partial charge in [-0.2, -0.15) is 0 Å². The molecule has 2 aliphatic heterocycles. The van der Waals surface area contributed by atoms with Gasteiger partial charge in [0.25, 0.3) is 0 Å². The van der Waals surface area contributed by atoms with E-state index in [4.69, 9.17) is 9.15 Å². The molecule has 1 aromatic rings. The van der Waals surface area contributed by atoms with Gasteiger partial charge in [-0.25, -0.2) is 8.42 Å². The van der Waals surface area contributed by atoms with Gasteiger partial charge in [-0.3, -0.25) is 4.90 Å². The number of ether oxygens (including phenoxy) is 1. The van der Waals surface area contributed by atoms with Crippen LogP contribution in [0.15, 0.2) is 22.8 Å². The molecule has 0 bridgehead atoms. The fourth-order valence-corrected chi connectivity index (χ4v) is 5.87. The number of nitrogens with zero attached hydrogens (tertiary/aromatic N) is 1. The molecule has 2 aliphatic rings. The lowest BCUT2D eigenvalue weighted by molar-refractivity contribution is 0.0262. The van der Waals surface area contributed by atoms with Crippen molar-refractivity contribution in [3.8, 4) is 0 Å². The summed E-state index contributed by atoms with van der Waals surface area (Å²) < 4.78 is 35.0. The molecule has 0 N–H and O–H groups in total. The highest BCUT2D eigenvalue weighted by molar-refractivity contribution is 7.93. The molecule has 0 aliphatic carbocycles. The number of rotatable bonds is 5. The Hall–Kier alpha value is -0.850. The Morgan fingerprint density at radius 2 is 2.30 bits per heavy atom. The smallest absolute Gasteiger partial charge is 0.158 e. The summed E-state index contributed by atoms with van der Waals surface area (Å²) in [6.07, 6.45) is 2.38. The summed E-state index contributed by atoms with van der Waals surface area (Å²) >= 11 is 0. The highest BCUT2D eigenvalue weighted by atomic mass is 32.2. The Kier molecular flexibility index (Phi) is 3.64. The average Bonchev–Trinajstić information content (AvgIpc) is 2.94. The lowest BCUT2D eigenvalue weighted by atomic mass is 9.83. The predicted octanol–water partition coefficient (Wildman–Crippen LogP) is 1.31. The van der Waals surface area contributed by atoms with Gasteiger partial charge in [-0.05, 0) is 25.5 Å². The standard InChI is InChI=1S/C14H21NO4S/c1-2-18-9-12-5-7-20(16,17)14(12)10-15(11-14)8-13-4-3-6-19-13/h3-4,6,12H,2,5,7-11H2,1H3/t12-/m0/s1. The molecule has 6 heteroatoms. The number of hydrogen-bond donors (Lipinski definition) is 0. The van der Waals surface area contributed by atoms with Crippen molar-refractivity contribution in [1.82, 2.24) is 4.90 Å². The molecule has 112 valence electrons. The molecule has 1 aromatic heterocycles. The van der Waals surface area contributed by atoms with Crippen LogP contribution in [0.1, 0.15) is 19.1 Å². The molecule has 3 rings (SSSR count). The third kappa shape index (κ3) is 2.19. The molecular weight excluding hydrogens is 278 g/mol. The van der Waals surface area contributed by atoms with Crippen molar-refractivity contribution >= 4 is 9.84 Å². The van der Waals surface area contributed by atoms with Crippen molar-refractivity contribution in [2.45, 2.75) is 24.6 Å². The second kappa shape index (κ2) is 5.16. The zero-order valence-corrected chi connectivity index (χ0v) is 12.6. The van der Waals surface area contributed by atoms with Gasteiger partial charge in [-0.15, -0.1) is 0 Å². The van der Waals surface area contributed by atoms with E-state index in [0.717, 1.165) is 12.2 Å². The van der Waals surface area contributed by atoms with E-state index >= 15 is 0 Å². The number of hydrogen-bond acceptors (Lipinski definition) is 5. The summed E-state index contributed by atoms with van der Waals surface area (Å²) in [6, 6.07) is 3.78. The van der Waals surface area contributed by atoms with Crippen LogP contribution in [0.3, 0.4) is 0 Å². The van der Waals surface area contributed by atoms with E-state index in [9.17, 15) is 8.42 Å². The quantitative estimate of drug-likeness (QED) is 0.820. The van der Waals surface area contributed by atoms with Crippen LogP contribution in [0.5, 0.6) is 0 Å². The lowest BCUT2D eigenvalue weighted by Gasteiger charge is -2.49. The first-order valence-electron chi connectivity index (χ1n) is 7.12. The Morgan fingerprint density at radius 1 is 1.50 bits per heavy atom. The maximum atomic E-state index is 12.4. The van der Waals surface area contributed by atoms with Crippen molar-refractivity contribution in [1.29, 1.82) is 0 Å². The number of sulfone groups is 1. The Balaban J connectivity index is 1.68. The molecule has 0 amide bonds. The topological polar surface area (TPSA) is 59.8 Å². The summed E-state index contributed by atoms with van der Waals surface area (Å²) in [7, 11) is -2.99. The molecule has 20 heavy (non-hydrogen) atoms. The van der Waals surface area contributed by atoms with Gasteiger partial charge in [0.2, 0.25) is 0 Å². The summed E-state index contributed by atoms with van der Waals surface area (Å²) in [5.41, 5.74) is 0. The fourth-order valence-electron chi connectivity index (χ4n) is 3.41. The first-order chi connectivity index (χ1) is 9.57. The van der Waals surface area contributed by atoms with Gasteiger partial charge in [0.1, 0.15) is 10.5 Å². The van der Waals surface area contributed by atoms with Crippen LogP contribution in [-0.4, -0.2) is 50.1 Å². The fraction of sp³-hybridized carbons (Fsp3) is 0.714. The number of furan rings is 1. The Labute approximate surface area is 119 Å². The maximum absolute atomic E-state index is 12.4. The third-order valence-electron chi connectivity index (χ3n) is 4.56. The van der Waals surface area contributed by atoms with Crippen molar-refractivity contribution in [2.24, 2.45) is 5.92 Å². The van der Waals surface area contributed by atoms with E-state index in [1.807, 2.05) is 19.1 Å². The molecule has 0 saturated carbocycles. The van der Waals surface area contributed by atoms with Crippen LogP contribution in [0.2, 0.25) is 0 Å². The van der Waals surface area contributed by atoms with E-state index < -0.39 is 14.6 Å². The molecule has 3 heterocycles. The normalized spacial score (nSPS) is 27.8. The van der Waals surface area contributed by atoms with E-state index in [2.05, 4.69) is 4.90 Å². The third-order valence-corrected chi connectivity index (χ3v) is 7.17. The van der Waals surface area contributed by atoms with Crippen LogP contribution in [0.4, 0.5) is 0 Å². The first-order valence-corrected chi connectivity index (χ1v) is 8.77. The second-order valence-corrected chi connectivity index (χ2v) is 8.20. The molecular formula is C14H21NO4S. The summed E-state index contributed by atoms with van der Waals surface area (Å²) in [5, 5.41) is 0. The minimum Gasteiger partial charge on any atom is -0.468 e. The van der Waals surface area contributed by atoms with E-state index in [1.165, 1.54) is 0 Å². The van der Waals surface area contributed by atoms with Gasteiger partial charge >= 0.3 is 0 Å². The zero-order valence-electron chi connectivity index (χ0n) is 11.7. The highest BCUT2D eigenvalue weighted by Crippen LogP contribution is 2.45. The van der Waals surface area contributed by atoms with E-state index in [0.29, 0.717) is 38.6 Å². The summed E-state index contributed by atoms with van der Waals surface area (Å²) in [4.78, 5) is 2.14. The number of likely N-dealkylation sites (tertiary alicyclic amines) is 1. The minimum absolute atomic E-state index is 0.139. The molecule has 1 spiro atoms. The molecule has 0 radical (unpaired) electrons. The molecule has 2 saturated heterocycles. The van der Waals surface area contributed by atoms with Gasteiger partial charge in [0, 0.05) is 25.6 Å². The van der Waals surface area contributed by atoms with Gasteiger partial charge in [0.05, 0.1) is 25.2 Å². The maximum Gasteiger partial charge on any atom is 0.158 e. The van der Waals surface area contributed by atoms with Crippen LogP contribution in [0, 0.1) is 5.92 Å². The highest BCUT2D eigenvalue weighted by Gasteiger charge is 2.61. The summed E-state index contributed by atoms with van der Waals surface area (Å²) in [5.74, 6) is 1.33. The molecule has 1 atom stereocenters. The van der Waals surface area contributed by atoms with Crippen LogP contribution in [-0.2, 0) is 21.1 Å². The Morgan fingerprint density at radius 3 is 2.95 bits per heavy atom. The van der Waals surface area contributed by atoms with Gasteiger partial charge < -0.3 is 9.15 Å². The van der Waals surface area contributed by atoms with Gasteiger partial charge in [0.15, 0.2) is 9.84 Å². The van der Waals surface area contributed by atoms with E-state index in [-0.39, 0.29) is 5.92 Å². The predicted molar refractivity (Wildman–Crippen MR) is 75.1 cm³/mol.